The Morgan fingerprint density at radius 1 is 1.59 bits per heavy atom. The van der Waals surface area contributed by atoms with Gasteiger partial charge in [0, 0.05) is 12.6 Å². The fourth-order valence-electron chi connectivity index (χ4n) is 2.10. The zero-order valence-corrected chi connectivity index (χ0v) is 11.4. The van der Waals surface area contributed by atoms with Crippen molar-refractivity contribution in [1.29, 1.82) is 0 Å². The molecule has 0 radical (unpaired) electrons. The van der Waals surface area contributed by atoms with Gasteiger partial charge in [0.25, 0.3) is 5.91 Å². The van der Waals surface area contributed by atoms with Gasteiger partial charge in [-0.3, -0.25) is 4.79 Å². The SMILES string of the molecule is CC1CN(C)CCC1NC(=O)c1nnc(Cl)s1. The van der Waals surface area contributed by atoms with Crippen LogP contribution in [0.4, 0.5) is 0 Å². The highest BCUT2D eigenvalue weighted by Gasteiger charge is 2.26. The van der Waals surface area contributed by atoms with E-state index in [0.717, 1.165) is 30.8 Å². The Labute approximate surface area is 109 Å². The lowest BCUT2D eigenvalue weighted by Crippen LogP contribution is -2.48. The van der Waals surface area contributed by atoms with Gasteiger partial charge in [0.15, 0.2) is 0 Å². The van der Waals surface area contributed by atoms with Crippen molar-refractivity contribution in [2.75, 3.05) is 20.1 Å². The summed E-state index contributed by atoms with van der Waals surface area (Å²) in [7, 11) is 2.10. The number of halogens is 1. The molecule has 1 N–H and O–H groups in total. The molecule has 2 atom stereocenters. The number of likely N-dealkylation sites (tertiary alicyclic amines) is 1. The predicted octanol–water partition coefficient (Wildman–Crippen LogP) is 1.26. The molecule has 1 saturated heterocycles. The number of nitrogens with zero attached hydrogens (tertiary/aromatic N) is 3. The van der Waals surface area contributed by atoms with Gasteiger partial charge >= 0.3 is 0 Å². The van der Waals surface area contributed by atoms with E-state index in [1.54, 1.807) is 0 Å². The Balaban J connectivity index is 1.95. The summed E-state index contributed by atoms with van der Waals surface area (Å²) in [5.41, 5.74) is 0. The molecule has 17 heavy (non-hydrogen) atoms. The quantitative estimate of drug-likeness (QED) is 0.882. The molecule has 1 aromatic heterocycles. The minimum Gasteiger partial charge on any atom is -0.347 e. The van der Waals surface area contributed by atoms with Gasteiger partial charge in [-0.1, -0.05) is 18.3 Å². The zero-order chi connectivity index (χ0) is 12.4. The minimum absolute atomic E-state index is 0.171. The number of carbonyl (C=O) groups excluding carboxylic acids is 1. The monoisotopic (exact) mass is 274 g/mol. The summed E-state index contributed by atoms with van der Waals surface area (Å²) < 4.78 is 0.298. The van der Waals surface area contributed by atoms with Gasteiger partial charge in [-0.05, 0) is 37.5 Å². The number of hydrogen-bond acceptors (Lipinski definition) is 5. The Morgan fingerprint density at radius 3 is 2.94 bits per heavy atom. The Kier molecular flexibility index (Phi) is 3.96. The van der Waals surface area contributed by atoms with Crippen molar-refractivity contribution in [3.8, 4) is 0 Å². The van der Waals surface area contributed by atoms with Crippen molar-refractivity contribution < 1.29 is 4.79 Å². The van der Waals surface area contributed by atoms with Crippen LogP contribution in [0.25, 0.3) is 0 Å². The number of piperidine rings is 1. The Bertz CT molecular complexity index is 411. The number of rotatable bonds is 2. The van der Waals surface area contributed by atoms with Crippen LogP contribution in [0.5, 0.6) is 0 Å². The van der Waals surface area contributed by atoms with Crippen molar-refractivity contribution in [3.05, 3.63) is 9.47 Å². The van der Waals surface area contributed by atoms with Crippen LogP contribution < -0.4 is 5.32 Å². The average Bonchev–Trinajstić information content (AvgIpc) is 2.69. The summed E-state index contributed by atoms with van der Waals surface area (Å²) in [5.74, 6) is 0.275. The molecule has 1 fully saturated rings. The number of aromatic nitrogens is 2. The third-order valence-electron chi connectivity index (χ3n) is 3.02. The van der Waals surface area contributed by atoms with Gasteiger partial charge in [-0.25, -0.2) is 0 Å². The fourth-order valence-corrected chi connectivity index (χ4v) is 2.83. The molecule has 0 saturated carbocycles. The fraction of sp³-hybridized carbons (Fsp3) is 0.700. The second-order valence-electron chi connectivity index (χ2n) is 4.47. The van der Waals surface area contributed by atoms with E-state index in [1.165, 1.54) is 0 Å². The van der Waals surface area contributed by atoms with E-state index < -0.39 is 0 Å². The van der Waals surface area contributed by atoms with E-state index in [-0.39, 0.29) is 11.9 Å². The first-order valence-corrected chi connectivity index (χ1v) is 6.74. The van der Waals surface area contributed by atoms with Crippen LogP contribution in [0, 0.1) is 5.92 Å². The van der Waals surface area contributed by atoms with E-state index in [1.807, 2.05) is 0 Å². The highest BCUT2D eigenvalue weighted by atomic mass is 35.5. The minimum atomic E-state index is -0.171. The lowest BCUT2D eigenvalue weighted by molar-refractivity contribution is 0.0882. The van der Waals surface area contributed by atoms with E-state index in [4.69, 9.17) is 11.6 Å². The summed E-state index contributed by atoms with van der Waals surface area (Å²) in [6.45, 7) is 4.15. The second kappa shape index (κ2) is 5.29. The molecule has 2 rings (SSSR count). The molecule has 1 aliphatic heterocycles. The van der Waals surface area contributed by atoms with Gasteiger partial charge in [-0.2, -0.15) is 0 Å². The van der Waals surface area contributed by atoms with E-state index in [2.05, 4.69) is 34.4 Å². The van der Waals surface area contributed by atoms with Gasteiger partial charge in [0.05, 0.1) is 0 Å². The van der Waals surface area contributed by atoms with Crippen molar-refractivity contribution in [2.45, 2.75) is 19.4 Å². The average molecular weight is 275 g/mol. The highest BCUT2D eigenvalue weighted by Crippen LogP contribution is 2.18. The molecule has 1 amide bonds. The molecule has 0 aliphatic carbocycles. The van der Waals surface area contributed by atoms with Gasteiger partial charge in [0.1, 0.15) is 0 Å². The molecule has 2 heterocycles. The van der Waals surface area contributed by atoms with Crippen LogP contribution in [0.15, 0.2) is 0 Å². The van der Waals surface area contributed by atoms with E-state index in [0.29, 0.717) is 15.4 Å². The molecule has 94 valence electrons. The first kappa shape index (κ1) is 12.7. The summed E-state index contributed by atoms with van der Waals surface area (Å²) >= 11 is 6.76. The van der Waals surface area contributed by atoms with Crippen LogP contribution in [0.2, 0.25) is 4.47 Å². The molecular weight excluding hydrogens is 260 g/mol. The summed E-state index contributed by atoms with van der Waals surface area (Å²) in [6.07, 6.45) is 0.968. The van der Waals surface area contributed by atoms with Crippen LogP contribution in [-0.2, 0) is 0 Å². The van der Waals surface area contributed by atoms with Gasteiger partial charge < -0.3 is 10.2 Å². The van der Waals surface area contributed by atoms with E-state index in [9.17, 15) is 4.79 Å². The maximum Gasteiger partial charge on any atom is 0.282 e. The molecule has 7 heteroatoms. The molecule has 0 bridgehead atoms. The zero-order valence-electron chi connectivity index (χ0n) is 9.81. The largest absolute Gasteiger partial charge is 0.347 e. The van der Waals surface area contributed by atoms with Crippen molar-refractivity contribution in [3.63, 3.8) is 0 Å². The van der Waals surface area contributed by atoms with Crippen molar-refractivity contribution in [2.24, 2.45) is 5.92 Å². The lowest BCUT2D eigenvalue weighted by Gasteiger charge is -2.34. The molecule has 2 unspecified atom stereocenters. The van der Waals surface area contributed by atoms with Crippen LogP contribution in [0.1, 0.15) is 23.1 Å². The first-order chi connectivity index (χ1) is 8.06. The summed E-state index contributed by atoms with van der Waals surface area (Å²) in [5, 5.41) is 10.7. The summed E-state index contributed by atoms with van der Waals surface area (Å²) in [4.78, 5) is 14.2. The normalized spacial score (nSPS) is 25.8. The van der Waals surface area contributed by atoms with Crippen molar-refractivity contribution >= 4 is 28.8 Å². The third kappa shape index (κ3) is 3.14. The predicted molar refractivity (Wildman–Crippen MR) is 67.5 cm³/mol. The molecular formula is C10H15ClN4OS. The van der Waals surface area contributed by atoms with Crippen LogP contribution in [-0.4, -0.2) is 47.2 Å². The van der Waals surface area contributed by atoms with Gasteiger partial charge in [-0.15, -0.1) is 10.2 Å². The Morgan fingerprint density at radius 2 is 2.35 bits per heavy atom. The highest BCUT2D eigenvalue weighted by molar-refractivity contribution is 7.17. The molecule has 1 aromatic rings. The molecule has 5 nitrogen and oxygen atoms in total. The molecule has 0 spiro atoms. The van der Waals surface area contributed by atoms with Gasteiger partial charge in [0.2, 0.25) is 9.47 Å². The standard InChI is InChI=1S/C10H15ClN4OS/c1-6-5-15(2)4-3-7(6)12-8(16)9-13-14-10(11)17-9/h6-7H,3-5H2,1-2H3,(H,12,16). The number of amides is 1. The van der Waals surface area contributed by atoms with Crippen LogP contribution in [0.3, 0.4) is 0 Å². The first-order valence-electron chi connectivity index (χ1n) is 5.54. The third-order valence-corrected chi connectivity index (χ3v) is 4.04. The van der Waals surface area contributed by atoms with Crippen LogP contribution >= 0.6 is 22.9 Å². The smallest absolute Gasteiger partial charge is 0.282 e. The topological polar surface area (TPSA) is 58.1 Å². The maximum atomic E-state index is 11.9. The molecule has 1 aliphatic rings. The second-order valence-corrected chi connectivity index (χ2v) is 6.03. The number of nitrogens with one attached hydrogen (secondary N) is 1. The summed E-state index contributed by atoms with van der Waals surface area (Å²) in [6, 6.07) is 0.210. The lowest BCUT2D eigenvalue weighted by atomic mass is 9.94. The van der Waals surface area contributed by atoms with Crippen molar-refractivity contribution in [1.82, 2.24) is 20.4 Å². The number of carbonyl (C=O) groups is 1. The number of hydrogen-bond donors (Lipinski definition) is 1. The Hall–Kier alpha value is -0.720. The molecule has 0 aromatic carbocycles. The maximum absolute atomic E-state index is 11.9. The van der Waals surface area contributed by atoms with E-state index >= 15 is 0 Å².